The van der Waals surface area contributed by atoms with Gasteiger partial charge in [-0.2, -0.15) is 8.42 Å². The standard InChI is InChI=1S/C16H29NO5S/c1-15(2,3)22-14(18)17-11-16(12-17)8-5-13(6-9-16)7-10-21-23(4,19)20/h13H,5-12H2,1-4H3. The van der Waals surface area contributed by atoms with Crippen LogP contribution in [0, 0.1) is 11.3 Å². The molecule has 1 saturated heterocycles. The van der Waals surface area contributed by atoms with Crippen LogP contribution in [0.4, 0.5) is 4.79 Å². The van der Waals surface area contributed by atoms with Crippen molar-refractivity contribution in [3.63, 3.8) is 0 Å². The summed E-state index contributed by atoms with van der Waals surface area (Å²) >= 11 is 0. The van der Waals surface area contributed by atoms with E-state index in [2.05, 4.69) is 0 Å². The van der Waals surface area contributed by atoms with E-state index in [0.717, 1.165) is 51.4 Å². The third-order valence-corrected chi connectivity index (χ3v) is 5.29. The Morgan fingerprint density at radius 1 is 1.22 bits per heavy atom. The van der Waals surface area contributed by atoms with Gasteiger partial charge in [-0.25, -0.2) is 4.79 Å². The van der Waals surface area contributed by atoms with E-state index in [9.17, 15) is 13.2 Å². The van der Waals surface area contributed by atoms with Crippen molar-refractivity contribution in [1.82, 2.24) is 4.90 Å². The lowest BCUT2D eigenvalue weighted by atomic mass is 9.65. The van der Waals surface area contributed by atoms with Gasteiger partial charge in [-0.15, -0.1) is 0 Å². The number of hydrogen-bond acceptors (Lipinski definition) is 5. The van der Waals surface area contributed by atoms with E-state index >= 15 is 0 Å². The lowest BCUT2D eigenvalue weighted by Gasteiger charge is -2.53. The summed E-state index contributed by atoms with van der Waals surface area (Å²) in [7, 11) is -3.33. The number of rotatable bonds is 4. The van der Waals surface area contributed by atoms with E-state index < -0.39 is 15.7 Å². The van der Waals surface area contributed by atoms with Gasteiger partial charge in [0.05, 0.1) is 12.9 Å². The first kappa shape index (κ1) is 18.5. The normalized spacial score (nSPS) is 22.0. The van der Waals surface area contributed by atoms with Crippen LogP contribution in [0.15, 0.2) is 0 Å². The monoisotopic (exact) mass is 347 g/mol. The fourth-order valence-electron chi connectivity index (χ4n) is 3.48. The number of ether oxygens (including phenoxy) is 1. The maximum atomic E-state index is 12.0. The highest BCUT2D eigenvalue weighted by Crippen LogP contribution is 2.46. The predicted molar refractivity (Wildman–Crippen MR) is 87.6 cm³/mol. The van der Waals surface area contributed by atoms with Crippen LogP contribution in [-0.4, -0.2) is 51.0 Å². The largest absolute Gasteiger partial charge is 0.444 e. The van der Waals surface area contributed by atoms with Crippen molar-refractivity contribution in [2.75, 3.05) is 26.0 Å². The molecule has 7 heteroatoms. The Morgan fingerprint density at radius 3 is 2.26 bits per heavy atom. The van der Waals surface area contributed by atoms with E-state index in [1.165, 1.54) is 0 Å². The Bertz CT molecular complexity index is 521. The smallest absolute Gasteiger partial charge is 0.410 e. The summed E-state index contributed by atoms with van der Waals surface area (Å²) in [5, 5.41) is 0. The molecule has 1 heterocycles. The molecule has 134 valence electrons. The van der Waals surface area contributed by atoms with Crippen molar-refractivity contribution in [1.29, 1.82) is 0 Å². The van der Waals surface area contributed by atoms with Crippen LogP contribution < -0.4 is 0 Å². The average Bonchev–Trinajstić information content (AvgIpc) is 2.33. The molecule has 2 aliphatic rings. The lowest BCUT2D eigenvalue weighted by Crippen LogP contribution is -2.60. The molecule has 0 unspecified atom stereocenters. The van der Waals surface area contributed by atoms with Crippen LogP contribution in [0.1, 0.15) is 52.9 Å². The second kappa shape index (κ2) is 6.59. The minimum atomic E-state index is -3.33. The van der Waals surface area contributed by atoms with Crippen molar-refractivity contribution in [3.8, 4) is 0 Å². The molecule has 0 N–H and O–H groups in total. The molecule has 0 radical (unpaired) electrons. The molecule has 0 bridgehead atoms. The van der Waals surface area contributed by atoms with E-state index in [1.54, 1.807) is 4.90 Å². The molecule has 1 aliphatic carbocycles. The third-order valence-electron chi connectivity index (χ3n) is 4.69. The summed E-state index contributed by atoms with van der Waals surface area (Å²) in [6, 6.07) is 0. The first-order valence-electron chi connectivity index (χ1n) is 8.30. The Balaban J connectivity index is 1.69. The van der Waals surface area contributed by atoms with E-state index in [0.29, 0.717) is 5.92 Å². The number of hydrogen-bond donors (Lipinski definition) is 0. The van der Waals surface area contributed by atoms with E-state index in [1.807, 2.05) is 20.8 Å². The second-order valence-electron chi connectivity index (χ2n) is 8.09. The first-order valence-corrected chi connectivity index (χ1v) is 10.1. The molecular formula is C16H29NO5S. The van der Waals surface area contributed by atoms with Gasteiger partial charge >= 0.3 is 6.09 Å². The van der Waals surface area contributed by atoms with Crippen LogP contribution >= 0.6 is 0 Å². The minimum absolute atomic E-state index is 0.216. The zero-order valence-electron chi connectivity index (χ0n) is 14.6. The number of amides is 1. The van der Waals surface area contributed by atoms with Gasteiger partial charge in [0.2, 0.25) is 0 Å². The summed E-state index contributed by atoms with van der Waals surface area (Å²) < 4.78 is 32.1. The molecule has 0 aromatic rings. The van der Waals surface area contributed by atoms with Gasteiger partial charge in [0.15, 0.2) is 0 Å². The maximum absolute atomic E-state index is 12.0. The van der Waals surface area contributed by atoms with Crippen molar-refractivity contribution in [2.45, 2.75) is 58.5 Å². The average molecular weight is 347 g/mol. The Morgan fingerprint density at radius 2 is 1.78 bits per heavy atom. The number of carbonyl (C=O) groups excluding carboxylic acids is 1. The van der Waals surface area contributed by atoms with E-state index in [-0.39, 0.29) is 18.1 Å². The highest BCUT2D eigenvalue weighted by Gasteiger charge is 2.47. The SMILES string of the molecule is CC(C)(C)OC(=O)N1CC2(CCC(CCOS(C)(=O)=O)CC2)C1. The van der Waals surface area contributed by atoms with Gasteiger partial charge in [-0.3, -0.25) is 4.18 Å². The van der Waals surface area contributed by atoms with Crippen molar-refractivity contribution in [3.05, 3.63) is 0 Å². The number of nitrogens with zero attached hydrogens (tertiary/aromatic N) is 1. The van der Waals surface area contributed by atoms with Crippen LogP contribution in [0.25, 0.3) is 0 Å². The highest BCUT2D eigenvalue weighted by atomic mass is 32.2. The maximum Gasteiger partial charge on any atom is 0.410 e. The second-order valence-corrected chi connectivity index (χ2v) is 9.74. The molecule has 6 nitrogen and oxygen atoms in total. The molecule has 1 amide bonds. The molecule has 0 atom stereocenters. The zero-order valence-corrected chi connectivity index (χ0v) is 15.4. The van der Waals surface area contributed by atoms with Crippen molar-refractivity contribution >= 4 is 16.2 Å². The highest BCUT2D eigenvalue weighted by molar-refractivity contribution is 7.85. The Kier molecular flexibility index (Phi) is 5.31. The quantitative estimate of drug-likeness (QED) is 0.731. The zero-order chi connectivity index (χ0) is 17.3. The van der Waals surface area contributed by atoms with Gasteiger partial charge in [-0.05, 0) is 58.8 Å². The summed E-state index contributed by atoms with van der Waals surface area (Å²) in [4.78, 5) is 13.8. The Hall–Kier alpha value is -0.820. The topological polar surface area (TPSA) is 72.9 Å². The van der Waals surface area contributed by atoms with Gasteiger partial charge in [0.25, 0.3) is 10.1 Å². The first-order chi connectivity index (χ1) is 10.5. The Labute approximate surface area is 139 Å². The molecule has 1 spiro atoms. The summed E-state index contributed by atoms with van der Waals surface area (Å²) in [5.41, 5.74) is -0.192. The molecular weight excluding hydrogens is 318 g/mol. The number of likely N-dealkylation sites (tertiary alicyclic amines) is 1. The van der Waals surface area contributed by atoms with Gasteiger partial charge in [0.1, 0.15) is 5.60 Å². The summed E-state index contributed by atoms with van der Waals surface area (Å²) in [6.45, 7) is 7.49. The molecule has 1 saturated carbocycles. The molecule has 0 aromatic carbocycles. The van der Waals surface area contributed by atoms with Crippen LogP contribution in [0.3, 0.4) is 0 Å². The van der Waals surface area contributed by atoms with Crippen LogP contribution in [0.2, 0.25) is 0 Å². The third kappa shape index (κ3) is 5.64. The molecule has 1 aliphatic heterocycles. The fraction of sp³-hybridized carbons (Fsp3) is 0.938. The summed E-state index contributed by atoms with van der Waals surface area (Å²) in [6.07, 6.45) is 6.00. The van der Waals surface area contributed by atoms with Gasteiger partial charge < -0.3 is 9.64 Å². The van der Waals surface area contributed by atoms with Crippen molar-refractivity contribution < 1.29 is 22.1 Å². The minimum Gasteiger partial charge on any atom is -0.444 e. The van der Waals surface area contributed by atoms with Crippen LogP contribution in [-0.2, 0) is 19.0 Å². The lowest BCUT2D eigenvalue weighted by molar-refractivity contribution is -0.0550. The van der Waals surface area contributed by atoms with E-state index in [4.69, 9.17) is 8.92 Å². The molecule has 2 rings (SSSR count). The van der Waals surface area contributed by atoms with Crippen LogP contribution in [0.5, 0.6) is 0 Å². The fourth-order valence-corrected chi connectivity index (χ4v) is 3.88. The molecule has 23 heavy (non-hydrogen) atoms. The molecule has 2 fully saturated rings. The predicted octanol–water partition coefficient (Wildman–Crippen LogP) is 2.78. The van der Waals surface area contributed by atoms with Crippen molar-refractivity contribution in [2.24, 2.45) is 11.3 Å². The molecule has 0 aromatic heterocycles. The summed E-state index contributed by atoms with van der Waals surface area (Å²) in [5.74, 6) is 0.526. The van der Waals surface area contributed by atoms with Gasteiger partial charge in [0, 0.05) is 18.5 Å². The number of carbonyl (C=O) groups is 1. The van der Waals surface area contributed by atoms with Gasteiger partial charge in [-0.1, -0.05) is 0 Å².